The van der Waals surface area contributed by atoms with Gasteiger partial charge in [-0.2, -0.15) is 0 Å². The molecule has 0 spiro atoms. The van der Waals surface area contributed by atoms with Crippen molar-refractivity contribution in [1.29, 1.82) is 0 Å². The summed E-state index contributed by atoms with van der Waals surface area (Å²) < 4.78 is 0. The van der Waals surface area contributed by atoms with E-state index in [1.54, 1.807) is 11.3 Å². The van der Waals surface area contributed by atoms with E-state index in [2.05, 4.69) is 28.5 Å². The highest BCUT2D eigenvalue weighted by Crippen LogP contribution is 2.46. The molecule has 0 bridgehead atoms. The molecule has 1 saturated carbocycles. The van der Waals surface area contributed by atoms with Crippen LogP contribution in [0.5, 0.6) is 0 Å². The molecule has 0 aliphatic heterocycles. The highest BCUT2D eigenvalue weighted by atomic mass is 32.1. The summed E-state index contributed by atoms with van der Waals surface area (Å²) in [6, 6.07) is 9.93. The minimum Gasteiger partial charge on any atom is -0.308 e. The highest BCUT2D eigenvalue weighted by molar-refractivity contribution is 7.14. The summed E-state index contributed by atoms with van der Waals surface area (Å²) in [6.07, 6.45) is 9.70. The molecule has 0 radical (unpaired) electrons. The van der Waals surface area contributed by atoms with Crippen LogP contribution in [0.4, 0.5) is 5.13 Å². The van der Waals surface area contributed by atoms with E-state index < -0.39 is 0 Å². The maximum atomic E-state index is 13.1. The van der Waals surface area contributed by atoms with Crippen LogP contribution < -0.4 is 4.90 Å². The lowest BCUT2D eigenvalue weighted by Crippen LogP contribution is -2.37. The van der Waals surface area contributed by atoms with E-state index in [1.165, 1.54) is 18.4 Å². The number of benzene rings is 1. The molecule has 1 aromatic carbocycles. The molecular formula is C23H27N3OS. The van der Waals surface area contributed by atoms with E-state index in [0.29, 0.717) is 18.9 Å². The van der Waals surface area contributed by atoms with Gasteiger partial charge in [0.2, 0.25) is 5.91 Å². The SMILES string of the molecule is CN(C)CCN(C(=O)Cc1ccccc1)c1nc(C2=C[C@@H]3CC3CC=C2)cs1. The first-order valence-corrected chi connectivity index (χ1v) is 10.8. The smallest absolute Gasteiger partial charge is 0.233 e. The molecule has 2 atom stereocenters. The molecule has 0 N–H and O–H groups in total. The van der Waals surface area contributed by atoms with Gasteiger partial charge in [-0.05, 0) is 49.9 Å². The quantitative estimate of drug-likeness (QED) is 0.705. The molecule has 28 heavy (non-hydrogen) atoms. The van der Waals surface area contributed by atoms with Crippen molar-refractivity contribution >= 4 is 27.9 Å². The summed E-state index contributed by atoms with van der Waals surface area (Å²) in [5.41, 5.74) is 3.23. The molecule has 1 heterocycles. The Balaban J connectivity index is 1.54. The lowest BCUT2D eigenvalue weighted by molar-refractivity contribution is -0.118. The second kappa shape index (κ2) is 8.41. The van der Waals surface area contributed by atoms with Crippen LogP contribution in [-0.2, 0) is 11.2 Å². The third-order valence-electron chi connectivity index (χ3n) is 5.40. The summed E-state index contributed by atoms with van der Waals surface area (Å²) in [5, 5.41) is 2.89. The molecule has 146 valence electrons. The molecule has 1 aromatic heterocycles. The van der Waals surface area contributed by atoms with Crippen molar-refractivity contribution in [1.82, 2.24) is 9.88 Å². The molecule has 1 unspecified atom stereocenters. The first kappa shape index (κ1) is 19.1. The summed E-state index contributed by atoms with van der Waals surface area (Å²) >= 11 is 1.56. The number of fused-ring (bicyclic) bond motifs is 1. The van der Waals surface area contributed by atoms with Gasteiger partial charge in [-0.15, -0.1) is 11.3 Å². The van der Waals surface area contributed by atoms with Crippen LogP contribution in [0.3, 0.4) is 0 Å². The van der Waals surface area contributed by atoms with Gasteiger partial charge in [0.15, 0.2) is 5.13 Å². The van der Waals surface area contributed by atoms with Gasteiger partial charge in [0.05, 0.1) is 12.1 Å². The fourth-order valence-electron chi connectivity index (χ4n) is 3.59. The summed E-state index contributed by atoms with van der Waals surface area (Å²) in [4.78, 5) is 21.9. The van der Waals surface area contributed by atoms with Gasteiger partial charge < -0.3 is 4.90 Å². The molecule has 2 aliphatic carbocycles. The molecule has 2 aliphatic rings. The zero-order valence-electron chi connectivity index (χ0n) is 16.5. The fourth-order valence-corrected chi connectivity index (χ4v) is 4.46. The number of thiazole rings is 1. The predicted octanol–water partition coefficient (Wildman–Crippen LogP) is 4.26. The molecule has 1 amide bonds. The van der Waals surface area contributed by atoms with Crippen molar-refractivity contribution in [3.05, 3.63) is 65.2 Å². The van der Waals surface area contributed by atoms with Crippen LogP contribution in [0.1, 0.15) is 24.1 Å². The van der Waals surface area contributed by atoms with E-state index in [1.807, 2.05) is 49.3 Å². The van der Waals surface area contributed by atoms with Crippen molar-refractivity contribution < 1.29 is 4.79 Å². The summed E-state index contributed by atoms with van der Waals surface area (Å²) in [6.45, 7) is 1.45. The third-order valence-corrected chi connectivity index (χ3v) is 6.26. The number of carbonyl (C=O) groups is 1. The number of aromatic nitrogens is 1. The molecule has 1 fully saturated rings. The predicted molar refractivity (Wildman–Crippen MR) is 116 cm³/mol. The second-order valence-electron chi connectivity index (χ2n) is 7.95. The van der Waals surface area contributed by atoms with E-state index in [4.69, 9.17) is 4.98 Å². The van der Waals surface area contributed by atoms with E-state index in [0.717, 1.165) is 28.9 Å². The number of hydrogen-bond acceptors (Lipinski definition) is 4. The second-order valence-corrected chi connectivity index (χ2v) is 8.78. The Labute approximate surface area is 171 Å². The van der Waals surface area contributed by atoms with Gasteiger partial charge >= 0.3 is 0 Å². The number of anilines is 1. The Morgan fingerprint density at radius 3 is 2.82 bits per heavy atom. The van der Waals surface area contributed by atoms with Gasteiger partial charge in [-0.1, -0.05) is 48.6 Å². The maximum Gasteiger partial charge on any atom is 0.233 e. The van der Waals surface area contributed by atoms with Crippen LogP contribution in [0.25, 0.3) is 5.57 Å². The van der Waals surface area contributed by atoms with Crippen molar-refractivity contribution in [3.8, 4) is 0 Å². The first-order valence-electron chi connectivity index (χ1n) is 9.93. The average molecular weight is 394 g/mol. The number of hydrogen-bond donors (Lipinski definition) is 0. The lowest BCUT2D eigenvalue weighted by Gasteiger charge is -2.22. The Morgan fingerprint density at radius 1 is 1.21 bits per heavy atom. The average Bonchev–Trinajstić information content (AvgIpc) is 3.28. The number of nitrogens with zero attached hydrogens (tertiary/aromatic N) is 3. The molecule has 4 rings (SSSR count). The normalized spacial score (nSPS) is 20.5. The Hall–Kier alpha value is -2.24. The number of carbonyl (C=O) groups excluding carboxylic acids is 1. The van der Waals surface area contributed by atoms with Crippen molar-refractivity contribution in [2.45, 2.75) is 19.3 Å². The minimum atomic E-state index is 0.0987. The zero-order chi connectivity index (χ0) is 19.5. The zero-order valence-corrected chi connectivity index (χ0v) is 17.4. The number of likely N-dealkylation sites (N-methyl/N-ethyl adjacent to an activating group) is 1. The summed E-state index contributed by atoms with van der Waals surface area (Å²) in [5.74, 6) is 1.64. The van der Waals surface area contributed by atoms with Gasteiger partial charge in [0, 0.05) is 18.5 Å². The Kier molecular flexibility index (Phi) is 5.74. The Bertz CT molecular complexity index is 884. The third kappa shape index (κ3) is 4.59. The standard InChI is InChI=1S/C23H27N3OS/c1-25(2)11-12-26(22(27)13-17-7-4-3-5-8-17)23-24-21(16-28-23)19-10-6-9-18-14-20(18)15-19/h3-8,10,15-16,18,20H,9,11-14H2,1-2H3/t18?,20-/m0/s1. The van der Waals surface area contributed by atoms with Crippen molar-refractivity contribution in [2.24, 2.45) is 11.8 Å². The lowest BCUT2D eigenvalue weighted by atomic mass is 10.1. The monoisotopic (exact) mass is 393 g/mol. The Morgan fingerprint density at radius 2 is 2.04 bits per heavy atom. The van der Waals surface area contributed by atoms with Crippen LogP contribution in [0, 0.1) is 11.8 Å². The number of rotatable bonds is 7. The molecule has 4 nitrogen and oxygen atoms in total. The fraction of sp³-hybridized carbons (Fsp3) is 0.391. The first-order chi connectivity index (χ1) is 13.6. The minimum absolute atomic E-state index is 0.0987. The molecule has 2 aromatic rings. The van der Waals surface area contributed by atoms with Gasteiger partial charge in [-0.3, -0.25) is 9.69 Å². The van der Waals surface area contributed by atoms with Crippen LogP contribution in [-0.4, -0.2) is 43.0 Å². The largest absolute Gasteiger partial charge is 0.308 e. The topological polar surface area (TPSA) is 36.4 Å². The molecular weight excluding hydrogens is 366 g/mol. The van der Waals surface area contributed by atoms with E-state index in [9.17, 15) is 4.79 Å². The van der Waals surface area contributed by atoms with Crippen molar-refractivity contribution in [2.75, 3.05) is 32.1 Å². The van der Waals surface area contributed by atoms with Gasteiger partial charge in [-0.25, -0.2) is 4.98 Å². The van der Waals surface area contributed by atoms with Gasteiger partial charge in [0.25, 0.3) is 0 Å². The number of allylic oxidation sites excluding steroid dienone is 4. The number of amides is 1. The van der Waals surface area contributed by atoms with Crippen LogP contribution in [0.15, 0.2) is 53.9 Å². The van der Waals surface area contributed by atoms with Gasteiger partial charge in [0.1, 0.15) is 0 Å². The van der Waals surface area contributed by atoms with Crippen LogP contribution in [0.2, 0.25) is 0 Å². The van der Waals surface area contributed by atoms with Crippen LogP contribution >= 0.6 is 11.3 Å². The van der Waals surface area contributed by atoms with E-state index >= 15 is 0 Å². The molecule has 0 saturated heterocycles. The van der Waals surface area contributed by atoms with E-state index in [-0.39, 0.29) is 5.91 Å². The molecule has 5 heteroatoms. The highest BCUT2D eigenvalue weighted by Gasteiger charge is 2.35. The maximum absolute atomic E-state index is 13.1. The van der Waals surface area contributed by atoms with Crippen molar-refractivity contribution in [3.63, 3.8) is 0 Å². The summed E-state index contributed by atoms with van der Waals surface area (Å²) in [7, 11) is 4.06.